The number of aliphatic hydroxyl groups excluding tert-OH is 2. The van der Waals surface area contributed by atoms with Crippen LogP contribution in [-0.4, -0.2) is 22.7 Å². The summed E-state index contributed by atoms with van der Waals surface area (Å²) in [7, 11) is 0. The Morgan fingerprint density at radius 3 is 2.35 bits per heavy atom. The lowest BCUT2D eigenvalue weighted by atomic mass is 9.79. The van der Waals surface area contributed by atoms with Gasteiger partial charge in [0, 0.05) is 12.3 Å². The van der Waals surface area contributed by atoms with Gasteiger partial charge in [-0.3, -0.25) is 4.79 Å². The fourth-order valence-electron chi connectivity index (χ4n) is 2.11. The van der Waals surface area contributed by atoms with Crippen LogP contribution in [-0.2, 0) is 4.79 Å². The van der Waals surface area contributed by atoms with Crippen molar-refractivity contribution in [2.24, 2.45) is 5.73 Å². The minimum absolute atomic E-state index is 0.0467. The average molecular weight is 235 g/mol. The van der Waals surface area contributed by atoms with Gasteiger partial charge in [-0.25, -0.2) is 0 Å². The second-order valence-corrected chi connectivity index (χ2v) is 3.85. The third-order valence-corrected chi connectivity index (χ3v) is 2.85. The van der Waals surface area contributed by atoms with E-state index in [1.54, 1.807) is 6.08 Å². The van der Waals surface area contributed by atoms with Crippen molar-refractivity contribution in [1.29, 1.82) is 0 Å². The van der Waals surface area contributed by atoms with E-state index in [1.165, 1.54) is 0 Å². The minimum Gasteiger partial charge on any atom is -0.392 e. The molecular weight excluding hydrogens is 218 g/mol. The molecule has 92 valence electrons. The van der Waals surface area contributed by atoms with Crippen LogP contribution >= 0.6 is 0 Å². The summed E-state index contributed by atoms with van der Waals surface area (Å²) in [5, 5.41) is 19.5. The highest BCUT2D eigenvalue weighted by atomic mass is 16.3. The molecule has 3 unspecified atom stereocenters. The number of hydrogen-bond donors (Lipinski definition) is 3. The van der Waals surface area contributed by atoms with Gasteiger partial charge in [-0.1, -0.05) is 30.3 Å². The minimum atomic E-state index is -0.544. The van der Waals surface area contributed by atoms with Gasteiger partial charge in [-0.05, 0) is 11.1 Å². The average Bonchev–Trinajstić information content (AvgIpc) is 2.31. The van der Waals surface area contributed by atoms with Crippen molar-refractivity contribution < 1.29 is 15.0 Å². The summed E-state index contributed by atoms with van der Waals surface area (Å²) in [6, 6.07) is 7.66. The van der Waals surface area contributed by atoms with Gasteiger partial charge in [0.25, 0.3) is 0 Å². The Morgan fingerprint density at radius 2 is 1.82 bits per heavy atom. The Balaban J connectivity index is 0.000000437. The molecule has 1 aliphatic rings. The van der Waals surface area contributed by atoms with Gasteiger partial charge in [0.1, 0.15) is 0 Å². The normalized spacial score (nSPS) is 26.1. The molecule has 4 nitrogen and oxygen atoms in total. The van der Waals surface area contributed by atoms with E-state index in [0.29, 0.717) is 6.42 Å². The van der Waals surface area contributed by atoms with E-state index < -0.39 is 12.2 Å². The molecule has 3 atom stereocenters. The van der Waals surface area contributed by atoms with Crippen LogP contribution in [0.4, 0.5) is 0 Å². The Kier molecular flexibility index (Phi) is 4.87. The molecule has 0 saturated carbocycles. The monoisotopic (exact) mass is 235 g/mol. The van der Waals surface area contributed by atoms with E-state index in [4.69, 9.17) is 4.79 Å². The van der Waals surface area contributed by atoms with Crippen molar-refractivity contribution in [3.05, 3.63) is 48.0 Å². The van der Waals surface area contributed by atoms with E-state index in [1.807, 2.05) is 24.3 Å². The molecule has 1 aromatic rings. The van der Waals surface area contributed by atoms with Gasteiger partial charge in [-0.15, -0.1) is 6.58 Å². The predicted octanol–water partition coefficient (Wildman–Crippen LogP) is 0.856. The lowest BCUT2D eigenvalue weighted by Gasteiger charge is -2.31. The standard InChI is InChI=1S/C12H14O2.CH3NO/c1-2-8-9-5-3-4-6-10(9)12(14)7-11(8)13;2-1-3/h2-6,8,11-14H,1,7H2;1H,(H2,2,3). The molecule has 0 spiro atoms. The molecule has 1 amide bonds. The summed E-state index contributed by atoms with van der Waals surface area (Å²) in [5.41, 5.74) is 6.08. The molecule has 1 aromatic carbocycles. The first kappa shape index (κ1) is 13.4. The summed E-state index contributed by atoms with van der Waals surface area (Å²) in [5.74, 6) is -0.0467. The lowest BCUT2D eigenvalue weighted by molar-refractivity contribution is -0.106. The van der Waals surface area contributed by atoms with E-state index in [-0.39, 0.29) is 12.3 Å². The van der Waals surface area contributed by atoms with Gasteiger partial charge in [0.15, 0.2) is 0 Å². The van der Waals surface area contributed by atoms with Crippen molar-refractivity contribution in [2.45, 2.75) is 24.5 Å². The molecule has 0 radical (unpaired) electrons. The van der Waals surface area contributed by atoms with Crippen molar-refractivity contribution >= 4 is 6.41 Å². The molecule has 0 fully saturated rings. The molecule has 0 heterocycles. The molecular formula is C13H17NO3. The second kappa shape index (κ2) is 6.18. The highest BCUT2D eigenvalue weighted by Crippen LogP contribution is 2.37. The summed E-state index contributed by atoms with van der Waals surface area (Å²) in [6.07, 6.45) is 1.33. The Bertz CT molecular complexity index is 392. The van der Waals surface area contributed by atoms with E-state index in [2.05, 4.69) is 12.3 Å². The first-order valence-electron chi connectivity index (χ1n) is 5.38. The number of benzene rings is 1. The fourth-order valence-corrected chi connectivity index (χ4v) is 2.11. The van der Waals surface area contributed by atoms with Crippen LogP contribution in [0, 0.1) is 0 Å². The zero-order chi connectivity index (χ0) is 12.8. The number of aliphatic hydroxyl groups is 2. The summed E-state index contributed by atoms with van der Waals surface area (Å²) in [4.78, 5) is 8.58. The SMILES string of the molecule is C=CC1c2ccccc2C(O)CC1O.NC=O. The lowest BCUT2D eigenvalue weighted by Crippen LogP contribution is -2.26. The van der Waals surface area contributed by atoms with Gasteiger partial charge >= 0.3 is 0 Å². The molecule has 2 rings (SSSR count). The van der Waals surface area contributed by atoms with Gasteiger partial charge in [0.05, 0.1) is 12.2 Å². The number of fused-ring (bicyclic) bond motifs is 1. The predicted molar refractivity (Wildman–Crippen MR) is 65.2 cm³/mol. The molecule has 4 N–H and O–H groups in total. The molecule has 0 aromatic heterocycles. The zero-order valence-electron chi connectivity index (χ0n) is 9.49. The van der Waals surface area contributed by atoms with E-state index >= 15 is 0 Å². The maximum Gasteiger partial charge on any atom is 0.204 e. The zero-order valence-corrected chi connectivity index (χ0v) is 9.49. The van der Waals surface area contributed by atoms with Crippen molar-refractivity contribution in [3.63, 3.8) is 0 Å². The third-order valence-electron chi connectivity index (χ3n) is 2.85. The number of carbonyl (C=O) groups is 1. The second-order valence-electron chi connectivity index (χ2n) is 3.85. The quantitative estimate of drug-likeness (QED) is 0.498. The van der Waals surface area contributed by atoms with Crippen LogP contribution in [0.3, 0.4) is 0 Å². The van der Waals surface area contributed by atoms with Crippen LogP contribution in [0.1, 0.15) is 29.6 Å². The van der Waals surface area contributed by atoms with Gasteiger partial charge in [-0.2, -0.15) is 0 Å². The van der Waals surface area contributed by atoms with Crippen LogP contribution in [0.15, 0.2) is 36.9 Å². The third kappa shape index (κ3) is 2.93. The number of hydrogen-bond acceptors (Lipinski definition) is 3. The number of amides is 1. The Hall–Kier alpha value is -1.65. The first-order chi connectivity index (χ1) is 8.15. The van der Waals surface area contributed by atoms with Crippen molar-refractivity contribution in [2.75, 3.05) is 0 Å². The van der Waals surface area contributed by atoms with Crippen LogP contribution in [0.5, 0.6) is 0 Å². The smallest absolute Gasteiger partial charge is 0.204 e. The van der Waals surface area contributed by atoms with Gasteiger partial charge < -0.3 is 15.9 Å². The van der Waals surface area contributed by atoms with Crippen LogP contribution in [0.2, 0.25) is 0 Å². The topological polar surface area (TPSA) is 83.6 Å². The first-order valence-corrected chi connectivity index (χ1v) is 5.38. The molecule has 17 heavy (non-hydrogen) atoms. The van der Waals surface area contributed by atoms with E-state index in [0.717, 1.165) is 11.1 Å². The Labute approximate surface area is 100 Å². The highest BCUT2D eigenvalue weighted by molar-refractivity contribution is 5.42. The molecule has 0 bridgehead atoms. The van der Waals surface area contributed by atoms with Crippen LogP contribution < -0.4 is 5.73 Å². The number of primary amides is 1. The van der Waals surface area contributed by atoms with Crippen molar-refractivity contribution in [1.82, 2.24) is 0 Å². The number of carbonyl (C=O) groups excluding carboxylic acids is 1. The maximum absolute atomic E-state index is 9.75. The van der Waals surface area contributed by atoms with Gasteiger partial charge in [0.2, 0.25) is 6.41 Å². The number of rotatable bonds is 1. The summed E-state index contributed by atoms with van der Waals surface area (Å²) >= 11 is 0. The molecule has 1 aliphatic carbocycles. The number of nitrogens with two attached hydrogens (primary N) is 1. The molecule has 4 heteroatoms. The molecule has 0 aliphatic heterocycles. The summed E-state index contributed by atoms with van der Waals surface area (Å²) in [6.45, 7) is 3.72. The Morgan fingerprint density at radius 1 is 1.29 bits per heavy atom. The highest BCUT2D eigenvalue weighted by Gasteiger charge is 2.30. The van der Waals surface area contributed by atoms with Crippen LogP contribution in [0.25, 0.3) is 0 Å². The maximum atomic E-state index is 9.75. The van der Waals surface area contributed by atoms with Crippen molar-refractivity contribution in [3.8, 4) is 0 Å². The molecule has 0 saturated heterocycles. The largest absolute Gasteiger partial charge is 0.392 e. The van der Waals surface area contributed by atoms with E-state index in [9.17, 15) is 10.2 Å². The summed E-state index contributed by atoms with van der Waals surface area (Å²) < 4.78 is 0. The fraction of sp³-hybridized carbons (Fsp3) is 0.308.